The van der Waals surface area contributed by atoms with Crippen LogP contribution in [-0.4, -0.2) is 15.7 Å². The normalized spacial score (nSPS) is 12.5. The standard InChI is InChI=1S/C11H14N2O3/c1-7(2)11(8(3)14)10-6-9(13(15)16)4-5-12-10/h4-7,11H,1-3H3. The fourth-order valence-corrected chi connectivity index (χ4v) is 1.74. The summed E-state index contributed by atoms with van der Waals surface area (Å²) in [6.45, 7) is 5.27. The van der Waals surface area contributed by atoms with Crippen LogP contribution in [0.15, 0.2) is 18.3 Å². The van der Waals surface area contributed by atoms with Crippen LogP contribution in [-0.2, 0) is 4.79 Å². The molecule has 0 aliphatic carbocycles. The molecule has 0 saturated carbocycles. The second-order valence-electron chi connectivity index (χ2n) is 4.03. The first-order valence-corrected chi connectivity index (χ1v) is 5.04. The van der Waals surface area contributed by atoms with Crippen molar-refractivity contribution in [3.8, 4) is 0 Å². The zero-order valence-corrected chi connectivity index (χ0v) is 9.51. The number of nitro groups is 1. The molecule has 1 atom stereocenters. The van der Waals surface area contributed by atoms with Gasteiger partial charge in [-0.15, -0.1) is 0 Å². The fourth-order valence-electron chi connectivity index (χ4n) is 1.74. The van der Waals surface area contributed by atoms with Gasteiger partial charge in [-0.2, -0.15) is 0 Å². The lowest BCUT2D eigenvalue weighted by Crippen LogP contribution is -2.16. The molecule has 0 saturated heterocycles. The molecular formula is C11H14N2O3. The highest BCUT2D eigenvalue weighted by molar-refractivity contribution is 5.83. The van der Waals surface area contributed by atoms with Gasteiger partial charge in [0, 0.05) is 18.3 Å². The molecule has 0 aliphatic heterocycles. The lowest BCUT2D eigenvalue weighted by molar-refractivity contribution is -0.385. The second-order valence-corrected chi connectivity index (χ2v) is 4.03. The van der Waals surface area contributed by atoms with E-state index < -0.39 is 4.92 Å². The third-order valence-corrected chi connectivity index (χ3v) is 2.40. The number of carbonyl (C=O) groups is 1. The van der Waals surface area contributed by atoms with Crippen molar-refractivity contribution in [2.24, 2.45) is 5.92 Å². The molecule has 0 N–H and O–H groups in total. The summed E-state index contributed by atoms with van der Waals surface area (Å²) in [7, 11) is 0. The Bertz CT molecular complexity index is 415. The van der Waals surface area contributed by atoms with Gasteiger partial charge in [0.25, 0.3) is 5.69 Å². The summed E-state index contributed by atoms with van der Waals surface area (Å²) in [6.07, 6.45) is 1.37. The third-order valence-electron chi connectivity index (χ3n) is 2.40. The fraction of sp³-hybridized carbons (Fsp3) is 0.455. The molecule has 0 bridgehead atoms. The minimum absolute atomic E-state index is 0.0250. The van der Waals surface area contributed by atoms with Gasteiger partial charge in [-0.25, -0.2) is 0 Å². The number of carbonyl (C=O) groups excluding carboxylic acids is 1. The van der Waals surface area contributed by atoms with Crippen LogP contribution in [0.2, 0.25) is 0 Å². The van der Waals surface area contributed by atoms with E-state index in [0.29, 0.717) is 5.69 Å². The molecule has 5 nitrogen and oxygen atoms in total. The summed E-state index contributed by atoms with van der Waals surface area (Å²) in [5, 5.41) is 10.6. The SMILES string of the molecule is CC(=O)C(c1cc([N+](=O)[O-])ccn1)C(C)C. The first-order valence-electron chi connectivity index (χ1n) is 5.04. The number of aromatic nitrogens is 1. The highest BCUT2D eigenvalue weighted by Crippen LogP contribution is 2.25. The van der Waals surface area contributed by atoms with E-state index in [2.05, 4.69) is 4.98 Å². The van der Waals surface area contributed by atoms with Crippen molar-refractivity contribution >= 4 is 11.5 Å². The van der Waals surface area contributed by atoms with Crippen molar-refractivity contribution in [1.82, 2.24) is 4.98 Å². The summed E-state index contributed by atoms with van der Waals surface area (Å²) < 4.78 is 0. The average Bonchev–Trinajstić information content (AvgIpc) is 2.16. The number of hydrogen-bond acceptors (Lipinski definition) is 4. The van der Waals surface area contributed by atoms with Gasteiger partial charge in [-0.1, -0.05) is 13.8 Å². The molecular weight excluding hydrogens is 208 g/mol. The largest absolute Gasteiger partial charge is 0.299 e. The number of nitrogens with zero attached hydrogens (tertiary/aromatic N) is 2. The van der Waals surface area contributed by atoms with Gasteiger partial charge in [0.1, 0.15) is 5.78 Å². The topological polar surface area (TPSA) is 73.1 Å². The molecule has 0 aromatic carbocycles. The summed E-state index contributed by atoms with van der Waals surface area (Å²) in [5.74, 6) is -0.324. The van der Waals surface area contributed by atoms with Gasteiger partial charge in [0.2, 0.25) is 0 Å². The Morgan fingerprint density at radius 2 is 2.12 bits per heavy atom. The number of pyridine rings is 1. The molecule has 0 fully saturated rings. The molecule has 0 spiro atoms. The average molecular weight is 222 g/mol. The number of hydrogen-bond donors (Lipinski definition) is 0. The van der Waals surface area contributed by atoms with E-state index in [0.717, 1.165) is 0 Å². The van der Waals surface area contributed by atoms with Gasteiger partial charge >= 0.3 is 0 Å². The van der Waals surface area contributed by atoms with E-state index in [1.54, 1.807) is 0 Å². The maximum Gasteiger partial charge on any atom is 0.272 e. The highest BCUT2D eigenvalue weighted by Gasteiger charge is 2.23. The van der Waals surface area contributed by atoms with Crippen molar-refractivity contribution in [3.05, 3.63) is 34.1 Å². The molecule has 5 heteroatoms. The predicted molar refractivity (Wildman–Crippen MR) is 59.2 cm³/mol. The van der Waals surface area contributed by atoms with Crippen LogP contribution in [0.4, 0.5) is 5.69 Å². The van der Waals surface area contributed by atoms with E-state index in [9.17, 15) is 14.9 Å². The Morgan fingerprint density at radius 1 is 1.50 bits per heavy atom. The van der Waals surface area contributed by atoms with E-state index >= 15 is 0 Å². The molecule has 1 aromatic rings. The quantitative estimate of drug-likeness (QED) is 0.578. The molecule has 0 amide bonds. The van der Waals surface area contributed by atoms with Crippen LogP contribution in [0.25, 0.3) is 0 Å². The predicted octanol–water partition coefficient (Wildman–Crippen LogP) is 2.32. The van der Waals surface area contributed by atoms with E-state index in [-0.39, 0.29) is 23.3 Å². The zero-order chi connectivity index (χ0) is 12.3. The number of Topliss-reactive ketones (excluding diaryl/α,β-unsaturated/α-hetero) is 1. The van der Waals surface area contributed by atoms with Gasteiger partial charge in [-0.3, -0.25) is 19.9 Å². The maximum atomic E-state index is 11.5. The molecule has 0 aliphatic rings. The minimum Gasteiger partial charge on any atom is -0.299 e. The molecule has 16 heavy (non-hydrogen) atoms. The smallest absolute Gasteiger partial charge is 0.272 e. The Labute approximate surface area is 93.7 Å². The van der Waals surface area contributed by atoms with Crippen LogP contribution in [0.3, 0.4) is 0 Å². The lowest BCUT2D eigenvalue weighted by Gasteiger charge is -2.16. The Kier molecular flexibility index (Phi) is 3.71. The summed E-state index contributed by atoms with van der Waals surface area (Å²) in [6, 6.07) is 2.69. The van der Waals surface area contributed by atoms with Crippen molar-refractivity contribution < 1.29 is 9.72 Å². The number of ketones is 1. The second kappa shape index (κ2) is 4.83. The molecule has 1 aromatic heterocycles. The monoisotopic (exact) mass is 222 g/mol. The third kappa shape index (κ3) is 2.62. The Hall–Kier alpha value is -1.78. The van der Waals surface area contributed by atoms with Gasteiger partial charge < -0.3 is 0 Å². The Morgan fingerprint density at radius 3 is 2.56 bits per heavy atom. The van der Waals surface area contributed by atoms with Crippen molar-refractivity contribution in [2.45, 2.75) is 26.7 Å². The molecule has 1 unspecified atom stereocenters. The molecule has 0 radical (unpaired) electrons. The van der Waals surface area contributed by atoms with Crippen molar-refractivity contribution in [1.29, 1.82) is 0 Å². The molecule has 86 valence electrons. The maximum absolute atomic E-state index is 11.5. The summed E-state index contributed by atoms with van der Waals surface area (Å²) in [4.78, 5) is 25.6. The zero-order valence-electron chi connectivity index (χ0n) is 9.51. The first kappa shape index (κ1) is 12.3. The summed E-state index contributed by atoms with van der Waals surface area (Å²) >= 11 is 0. The van der Waals surface area contributed by atoms with E-state index in [4.69, 9.17) is 0 Å². The van der Waals surface area contributed by atoms with Crippen molar-refractivity contribution in [2.75, 3.05) is 0 Å². The van der Waals surface area contributed by atoms with Crippen LogP contribution in [0.5, 0.6) is 0 Å². The number of rotatable bonds is 4. The Balaban J connectivity index is 3.15. The summed E-state index contributed by atoms with van der Waals surface area (Å²) in [5.41, 5.74) is 0.439. The van der Waals surface area contributed by atoms with Gasteiger partial charge in [-0.05, 0) is 12.8 Å². The van der Waals surface area contributed by atoms with Crippen LogP contribution < -0.4 is 0 Å². The molecule has 1 rings (SSSR count). The minimum atomic E-state index is -0.483. The highest BCUT2D eigenvalue weighted by atomic mass is 16.6. The molecule has 1 heterocycles. The van der Waals surface area contributed by atoms with E-state index in [1.165, 1.54) is 25.3 Å². The lowest BCUT2D eigenvalue weighted by atomic mass is 9.88. The van der Waals surface area contributed by atoms with Crippen LogP contribution >= 0.6 is 0 Å². The van der Waals surface area contributed by atoms with Gasteiger partial charge in [0.05, 0.1) is 16.5 Å². The van der Waals surface area contributed by atoms with Crippen LogP contribution in [0, 0.1) is 16.0 Å². The van der Waals surface area contributed by atoms with Crippen LogP contribution in [0.1, 0.15) is 32.4 Å². The first-order chi connectivity index (χ1) is 7.43. The van der Waals surface area contributed by atoms with Gasteiger partial charge in [0.15, 0.2) is 0 Å². The van der Waals surface area contributed by atoms with Crippen molar-refractivity contribution in [3.63, 3.8) is 0 Å². The van der Waals surface area contributed by atoms with E-state index in [1.807, 2.05) is 13.8 Å².